The molecule has 0 radical (unpaired) electrons. The van der Waals surface area contributed by atoms with Crippen molar-refractivity contribution >= 4 is 15.9 Å². The largest absolute Gasteiger partial charge is 0.496 e. The van der Waals surface area contributed by atoms with Crippen LogP contribution in [-0.4, -0.2) is 13.2 Å². The fourth-order valence-corrected chi connectivity index (χ4v) is 3.51. The van der Waals surface area contributed by atoms with E-state index in [0.29, 0.717) is 5.92 Å². The molecule has 1 aromatic carbocycles. The second-order valence-electron chi connectivity index (χ2n) is 6.08. The number of hydrogen-bond donors (Lipinski definition) is 1. The van der Waals surface area contributed by atoms with Crippen LogP contribution in [0.15, 0.2) is 10.5 Å². The summed E-state index contributed by atoms with van der Waals surface area (Å²) in [6, 6.07) is 2.36. The van der Waals surface area contributed by atoms with Gasteiger partial charge in [-0.05, 0) is 49.8 Å². The van der Waals surface area contributed by atoms with Gasteiger partial charge in [-0.15, -0.1) is 0 Å². The Balaban J connectivity index is 2.71. The van der Waals surface area contributed by atoms with E-state index in [2.05, 4.69) is 49.7 Å². The SMILES string of the molecule is COc1c(C(C)C)cc(Br)c(C)c1C1(C(C)N)CC1. The standard InChI is InChI=1S/C16H24BrNO/c1-9(2)12-8-13(17)10(3)14(15(12)19-5)16(6-7-16)11(4)18/h8-9,11H,6-7,18H2,1-5H3. The van der Waals surface area contributed by atoms with Crippen molar-refractivity contribution in [3.63, 3.8) is 0 Å². The van der Waals surface area contributed by atoms with E-state index in [-0.39, 0.29) is 11.5 Å². The fourth-order valence-electron chi connectivity index (χ4n) is 3.06. The molecule has 0 amide bonds. The topological polar surface area (TPSA) is 35.2 Å². The molecule has 1 unspecified atom stereocenters. The zero-order chi connectivity index (χ0) is 14.4. The summed E-state index contributed by atoms with van der Waals surface area (Å²) in [6.07, 6.45) is 2.33. The molecule has 0 bridgehead atoms. The highest BCUT2D eigenvalue weighted by Crippen LogP contribution is 2.56. The normalized spacial score (nSPS) is 18.5. The van der Waals surface area contributed by atoms with Crippen molar-refractivity contribution in [2.24, 2.45) is 5.73 Å². The molecule has 19 heavy (non-hydrogen) atoms. The summed E-state index contributed by atoms with van der Waals surface area (Å²) in [5.41, 5.74) is 10.2. The first-order valence-electron chi connectivity index (χ1n) is 6.98. The highest BCUT2D eigenvalue weighted by Gasteiger charge is 2.50. The number of nitrogens with two attached hydrogens (primary N) is 1. The van der Waals surface area contributed by atoms with Crippen molar-refractivity contribution in [1.82, 2.24) is 0 Å². The lowest BCUT2D eigenvalue weighted by Crippen LogP contribution is -2.33. The van der Waals surface area contributed by atoms with Gasteiger partial charge in [0.1, 0.15) is 5.75 Å². The molecule has 1 aliphatic rings. The Hall–Kier alpha value is -0.540. The zero-order valence-corrected chi connectivity index (χ0v) is 14.1. The van der Waals surface area contributed by atoms with Crippen molar-refractivity contribution in [2.75, 3.05) is 7.11 Å². The van der Waals surface area contributed by atoms with Crippen LogP contribution in [0.2, 0.25) is 0 Å². The zero-order valence-electron chi connectivity index (χ0n) is 12.5. The van der Waals surface area contributed by atoms with E-state index in [1.165, 1.54) is 21.2 Å². The first-order chi connectivity index (χ1) is 8.85. The van der Waals surface area contributed by atoms with Gasteiger partial charge in [0.2, 0.25) is 0 Å². The van der Waals surface area contributed by atoms with Crippen molar-refractivity contribution < 1.29 is 4.74 Å². The monoisotopic (exact) mass is 325 g/mol. The Kier molecular flexibility index (Phi) is 3.99. The predicted octanol–water partition coefficient (Wildman–Crippen LogP) is 4.27. The molecular formula is C16H24BrNO. The Labute approximate surface area is 124 Å². The minimum absolute atomic E-state index is 0.114. The molecule has 106 valence electrons. The van der Waals surface area contributed by atoms with Crippen LogP contribution in [0.3, 0.4) is 0 Å². The van der Waals surface area contributed by atoms with Gasteiger partial charge in [-0.1, -0.05) is 29.8 Å². The van der Waals surface area contributed by atoms with Gasteiger partial charge in [-0.25, -0.2) is 0 Å². The lowest BCUT2D eigenvalue weighted by Gasteiger charge is -2.28. The fraction of sp³-hybridized carbons (Fsp3) is 0.625. The molecule has 3 heteroatoms. The second-order valence-corrected chi connectivity index (χ2v) is 6.93. The van der Waals surface area contributed by atoms with Crippen molar-refractivity contribution in [1.29, 1.82) is 0 Å². The first-order valence-corrected chi connectivity index (χ1v) is 7.77. The van der Waals surface area contributed by atoms with Gasteiger partial charge >= 0.3 is 0 Å². The van der Waals surface area contributed by atoms with Gasteiger partial charge in [0.15, 0.2) is 0 Å². The minimum Gasteiger partial charge on any atom is -0.496 e. The van der Waals surface area contributed by atoms with Gasteiger partial charge in [0, 0.05) is 21.5 Å². The molecule has 0 aromatic heterocycles. The second kappa shape index (κ2) is 5.10. The van der Waals surface area contributed by atoms with Crippen molar-refractivity contribution in [3.05, 3.63) is 27.2 Å². The Bertz CT molecular complexity index is 490. The van der Waals surface area contributed by atoms with Gasteiger partial charge in [-0.2, -0.15) is 0 Å². The third kappa shape index (κ3) is 2.31. The van der Waals surface area contributed by atoms with E-state index in [9.17, 15) is 0 Å². The van der Waals surface area contributed by atoms with Crippen molar-refractivity contribution in [2.45, 2.75) is 57.9 Å². The summed E-state index contributed by atoms with van der Waals surface area (Å²) in [5, 5.41) is 0. The number of ether oxygens (including phenoxy) is 1. The number of rotatable bonds is 4. The maximum atomic E-state index is 6.26. The summed E-state index contributed by atoms with van der Waals surface area (Å²) < 4.78 is 6.94. The number of methoxy groups -OCH3 is 1. The van der Waals surface area contributed by atoms with Crippen LogP contribution in [0.1, 0.15) is 56.2 Å². The van der Waals surface area contributed by atoms with Gasteiger partial charge in [0.25, 0.3) is 0 Å². The molecule has 1 aliphatic carbocycles. The van der Waals surface area contributed by atoms with Gasteiger partial charge < -0.3 is 10.5 Å². The summed E-state index contributed by atoms with van der Waals surface area (Å²) in [6.45, 7) is 8.68. The molecule has 2 nitrogen and oxygen atoms in total. The minimum atomic E-state index is 0.114. The summed E-state index contributed by atoms with van der Waals surface area (Å²) in [5.74, 6) is 1.49. The van der Waals surface area contributed by atoms with Gasteiger partial charge in [0.05, 0.1) is 7.11 Å². The molecular weight excluding hydrogens is 302 g/mol. The molecule has 0 saturated heterocycles. The van der Waals surface area contributed by atoms with Crippen LogP contribution in [0, 0.1) is 6.92 Å². The molecule has 2 rings (SSSR count). The third-order valence-corrected chi connectivity index (χ3v) is 5.31. The van der Waals surface area contributed by atoms with E-state index in [1.54, 1.807) is 7.11 Å². The number of hydrogen-bond acceptors (Lipinski definition) is 2. The Morgan fingerprint density at radius 1 is 1.32 bits per heavy atom. The number of benzene rings is 1. The molecule has 1 aromatic rings. The van der Waals surface area contributed by atoms with E-state index < -0.39 is 0 Å². The highest BCUT2D eigenvalue weighted by molar-refractivity contribution is 9.10. The molecule has 1 atom stereocenters. The molecule has 2 N–H and O–H groups in total. The van der Waals surface area contributed by atoms with Crippen molar-refractivity contribution in [3.8, 4) is 5.75 Å². The number of halogens is 1. The van der Waals surface area contributed by atoms with Gasteiger partial charge in [-0.3, -0.25) is 0 Å². The molecule has 1 fully saturated rings. The molecule has 0 aliphatic heterocycles. The summed E-state index contributed by atoms with van der Waals surface area (Å²) >= 11 is 3.70. The smallest absolute Gasteiger partial charge is 0.126 e. The Morgan fingerprint density at radius 3 is 2.26 bits per heavy atom. The van der Waals surface area contributed by atoms with E-state index in [0.717, 1.165) is 18.6 Å². The molecule has 0 spiro atoms. The van der Waals surface area contributed by atoms with Crippen LogP contribution in [-0.2, 0) is 5.41 Å². The molecule has 0 heterocycles. The van der Waals surface area contributed by atoms with E-state index in [1.807, 2.05) is 0 Å². The van der Waals surface area contributed by atoms with Crippen LogP contribution >= 0.6 is 15.9 Å². The predicted molar refractivity (Wildman–Crippen MR) is 84.1 cm³/mol. The van der Waals surface area contributed by atoms with Crippen LogP contribution in [0.4, 0.5) is 0 Å². The first kappa shape index (κ1) is 14.9. The molecule has 1 saturated carbocycles. The lowest BCUT2D eigenvalue weighted by molar-refractivity contribution is 0.390. The lowest BCUT2D eigenvalue weighted by atomic mass is 9.83. The average molecular weight is 326 g/mol. The van der Waals surface area contributed by atoms with Crippen LogP contribution < -0.4 is 10.5 Å². The quantitative estimate of drug-likeness (QED) is 0.897. The summed E-state index contributed by atoms with van der Waals surface area (Å²) in [4.78, 5) is 0. The van der Waals surface area contributed by atoms with E-state index >= 15 is 0 Å². The third-order valence-electron chi connectivity index (χ3n) is 4.49. The Morgan fingerprint density at radius 2 is 1.89 bits per heavy atom. The maximum Gasteiger partial charge on any atom is 0.126 e. The summed E-state index contributed by atoms with van der Waals surface area (Å²) in [7, 11) is 1.77. The maximum absolute atomic E-state index is 6.26. The van der Waals surface area contributed by atoms with Crippen LogP contribution in [0.25, 0.3) is 0 Å². The average Bonchev–Trinajstić information content (AvgIpc) is 3.12. The van der Waals surface area contributed by atoms with E-state index in [4.69, 9.17) is 10.5 Å². The highest BCUT2D eigenvalue weighted by atomic mass is 79.9. The van der Waals surface area contributed by atoms with Crippen LogP contribution in [0.5, 0.6) is 5.75 Å².